The lowest BCUT2D eigenvalue weighted by molar-refractivity contribution is -0.144. The lowest BCUT2D eigenvalue weighted by Crippen LogP contribution is -2.51. The summed E-state index contributed by atoms with van der Waals surface area (Å²) in [6.07, 6.45) is 1.78. The third kappa shape index (κ3) is 2.44. The average Bonchev–Trinajstić information content (AvgIpc) is 2.03. The molecule has 0 spiro atoms. The van der Waals surface area contributed by atoms with Crippen molar-refractivity contribution >= 4 is 5.97 Å². The van der Waals surface area contributed by atoms with Gasteiger partial charge in [0.1, 0.15) is 0 Å². The van der Waals surface area contributed by atoms with Crippen LogP contribution in [0.4, 0.5) is 0 Å². The number of aliphatic carboxylic acids is 1. The highest BCUT2D eigenvalue weighted by Gasteiger charge is 2.34. The Morgan fingerprint density at radius 2 is 2.08 bits per heavy atom. The molecule has 0 bridgehead atoms. The maximum Gasteiger partial charge on any atom is 0.308 e. The summed E-state index contributed by atoms with van der Waals surface area (Å²) in [6, 6.07) is 0.601. The van der Waals surface area contributed by atoms with Gasteiger partial charge in [-0.15, -0.1) is 0 Å². The number of rotatable bonds is 2. The number of nitrogens with one attached hydrogen (secondary N) is 1. The molecule has 2 N–H and O–H groups in total. The van der Waals surface area contributed by atoms with Crippen molar-refractivity contribution in [2.75, 3.05) is 0 Å². The topological polar surface area (TPSA) is 49.3 Å². The van der Waals surface area contributed by atoms with Crippen molar-refractivity contribution < 1.29 is 9.90 Å². The minimum absolute atomic E-state index is 0.140. The summed E-state index contributed by atoms with van der Waals surface area (Å²) < 4.78 is 0. The average molecular weight is 185 g/mol. The predicted octanol–water partition coefficient (Wildman–Crippen LogP) is 1.48. The van der Waals surface area contributed by atoms with E-state index in [1.165, 1.54) is 0 Å². The van der Waals surface area contributed by atoms with Crippen LogP contribution in [0.2, 0.25) is 0 Å². The smallest absolute Gasteiger partial charge is 0.308 e. The van der Waals surface area contributed by atoms with Crippen LogP contribution in [0, 0.1) is 11.8 Å². The zero-order chi connectivity index (χ0) is 10.0. The quantitative estimate of drug-likeness (QED) is 0.685. The molecule has 3 heteroatoms. The van der Waals surface area contributed by atoms with Crippen molar-refractivity contribution in [1.82, 2.24) is 5.32 Å². The van der Waals surface area contributed by atoms with Gasteiger partial charge in [-0.2, -0.15) is 0 Å². The standard InChI is InChI=1S/C10H19NO2/c1-6(2)9-8(10(12)13)5-4-7(3)11-9/h6-9,11H,4-5H2,1-3H3,(H,12,13)/t7-,8-,9-/m1/s1. The van der Waals surface area contributed by atoms with Gasteiger partial charge < -0.3 is 10.4 Å². The number of hydrogen-bond donors (Lipinski definition) is 2. The predicted molar refractivity (Wildman–Crippen MR) is 51.6 cm³/mol. The summed E-state index contributed by atoms with van der Waals surface area (Å²) in [5.74, 6) is -0.460. The largest absolute Gasteiger partial charge is 0.481 e. The molecule has 0 unspecified atom stereocenters. The molecule has 76 valence electrons. The monoisotopic (exact) mass is 185 g/mol. The Balaban J connectivity index is 2.66. The van der Waals surface area contributed by atoms with Crippen molar-refractivity contribution in [3.05, 3.63) is 0 Å². The molecule has 1 aliphatic heterocycles. The first-order valence-corrected chi connectivity index (χ1v) is 5.01. The van der Waals surface area contributed by atoms with Crippen LogP contribution in [0.5, 0.6) is 0 Å². The van der Waals surface area contributed by atoms with Gasteiger partial charge in [0.2, 0.25) is 0 Å². The van der Waals surface area contributed by atoms with Crippen molar-refractivity contribution in [2.24, 2.45) is 11.8 Å². The lowest BCUT2D eigenvalue weighted by atomic mass is 9.82. The Hall–Kier alpha value is -0.570. The summed E-state index contributed by atoms with van der Waals surface area (Å²) >= 11 is 0. The zero-order valence-electron chi connectivity index (χ0n) is 8.58. The molecule has 1 rings (SSSR count). The third-order valence-corrected chi connectivity index (χ3v) is 2.86. The molecule has 3 nitrogen and oxygen atoms in total. The van der Waals surface area contributed by atoms with Gasteiger partial charge in [0.25, 0.3) is 0 Å². The highest BCUT2D eigenvalue weighted by molar-refractivity contribution is 5.71. The molecule has 0 aliphatic carbocycles. The number of hydrogen-bond acceptors (Lipinski definition) is 2. The van der Waals surface area contributed by atoms with Gasteiger partial charge in [0.15, 0.2) is 0 Å². The Morgan fingerprint density at radius 3 is 2.54 bits per heavy atom. The fourth-order valence-electron chi connectivity index (χ4n) is 2.07. The van der Waals surface area contributed by atoms with Crippen molar-refractivity contribution in [3.63, 3.8) is 0 Å². The Morgan fingerprint density at radius 1 is 1.46 bits per heavy atom. The van der Waals surface area contributed by atoms with Gasteiger partial charge in [0, 0.05) is 12.1 Å². The molecular weight excluding hydrogens is 166 g/mol. The van der Waals surface area contributed by atoms with E-state index in [1.54, 1.807) is 0 Å². The molecule has 0 aromatic rings. The van der Waals surface area contributed by atoms with Crippen LogP contribution in [0.25, 0.3) is 0 Å². The minimum Gasteiger partial charge on any atom is -0.481 e. The van der Waals surface area contributed by atoms with Gasteiger partial charge in [0.05, 0.1) is 5.92 Å². The second-order valence-corrected chi connectivity index (χ2v) is 4.36. The van der Waals surface area contributed by atoms with E-state index in [0.29, 0.717) is 12.0 Å². The molecule has 0 aromatic heterocycles. The third-order valence-electron chi connectivity index (χ3n) is 2.86. The first-order chi connectivity index (χ1) is 6.02. The maximum absolute atomic E-state index is 10.9. The van der Waals surface area contributed by atoms with E-state index < -0.39 is 5.97 Å². The van der Waals surface area contributed by atoms with Crippen molar-refractivity contribution in [2.45, 2.75) is 45.7 Å². The molecule has 3 atom stereocenters. The van der Waals surface area contributed by atoms with E-state index in [9.17, 15) is 4.79 Å². The second-order valence-electron chi connectivity index (χ2n) is 4.36. The van der Waals surface area contributed by atoms with E-state index in [2.05, 4.69) is 26.1 Å². The molecule has 1 heterocycles. The fraction of sp³-hybridized carbons (Fsp3) is 0.900. The van der Waals surface area contributed by atoms with Crippen molar-refractivity contribution in [1.29, 1.82) is 0 Å². The van der Waals surface area contributed by atoms with Gasteiger partial charge in [-0.1, -0.05) is 13.8 Å². The Bertz CT molecular complexity index is 191. The molecule has 0 aromatic carbocycles. The number of carbonyl (C=O) groups is 1. The van der Waals surface area contributed by atoms with Gasteiger partial charge in [-0.3, -0.25) is 4.79 Å². The SMILES string of the molecule is CC(C)[C@H]1N[C@H](C)CC[C@H]1C(=O)O. The van der Waals surface area contributed by atoms with Gasteiger partial charge >= 0.3 is 5.97 Å². The van der Waals surface area contributed by atoms with E-state index in [1.807, 2.05) is 0 Å². The number of carboxylic acid groups (broad SMARTS) is 1. The number of carboxylic acids is 1. The van der Waals surface area contributed by atoms with E-state index >= 15 is 0 Å². The van der Waals surface area contributed by atoms with Crippen LogP contribution in [-0.4, -0.2) is 23.2 Å². The first-order valence-electron chi connectivity index (χ1n) is 5.01. The van der Waals surface area contributed by atoms with E-state index in [0.717, 1.165) is 12.8 Å². The highest BCUT2D eigenvalue weighted by Crippen LogP contribution is 2.24. The van der Waals surface area contributed by atoms with Crippen LogP contribution in [0.1, 0.15) is 33.6 Å². The lowest BCUT2D eigenvalue weighted by Gasteiger charge is -2.36. The summed E-state index contributed by atoms with van der Waals surface area (Å²) in [5, 5.41) is 12.4. The maximum atomic E-state index is 10.9. The van der Waals surface area contributed by atoms with Gasteiger partial charge in [-0.05, 0) is 25.7 Å². The first kappa shape index (κ1) is 10.5. The fourth-order valence-corrected chi connectivity index (χ4v) is 2.07. The molecule has 1 aliphatic rings. The Kier molecular flexibility index (Phi) is 3.31. The number of piperidine rings is 1. The summed E-state index contributed by atoms with van der Waals surface area (Å²) in [7, 11) is 0. The molecule has 1 fully saturated rings. The molecule has 13 heavy (non-hydrogen) atoms. The van der Waals surface area contributed by atoms with Crippen LogP contribution in [0.3, 0.4) is 0 Å². The summed E-state index contributed by atoms with van der Waals surface area (Å²) in [4.78, 5) is 10.9. The van der Waals surface area contributed by atoms with E-state index in [4.69, 9.17) is 5.11 Å². The molecule has 0 radical (unpaired) electrons. The van der Waals surface area contributed by atoms with Crippen LogP contribution in [-0.2, 0) is 4.79 Å². The highest BCUT2D eigenvalue weighted by atomic mass is 16.4. The minimum atomic E-state index is -0.655. The second kappa shape index (κ2) is 4.09. The molecular formula is C10H19NO2. The summed E-state index contributed by atoms with van der Waals surface area (Å²) in [6.45, 7) is 6.27. The Labute approximate surface area is 79.5 Å². The van der Waals surface area contributed by atoms with Crippen LogP contribution >= 0.6 is 0 Å². The van der Waals surface area contributed by atoms with Crippen LogP contribution < -0.4 is 5.32 Å². The zero-order valence-corrected chi connectivity index (χ0v) is 8.58. The normalized spacial score (nSPS) is 34.9. The molecule has 1 saturated heterocycles. The summed E-state index contributed by atoms with van der Waals surface area (Å²) in [5.41, 5.74) is 0. The van der Waals surface area contributed by atoms with Gasteiger partial charge in [-0.25, -0.2) is 0 Å². The van der Waals surface area contributed by atoms with Crippen LogP contribution in [0.15, 0.2) is 0 Å². The van der Waals surface area contributed by atoms with E-state index in [-0.39, 0.29) is 12.0 Å². The molecule has 0 saturated carbocycles. The van der Waals surface area contributed by atoms with Crippen molar-refractivity contribution in [3.8, 4) is 0 Å². The molecule has 0 amide bonds.